The molecule has 0 fully saturated rings. The van der Waals surface area contributed by atoms with Crippen molar-refractivity contribution in [2.24, 2.45) is 0 Å². The standard InChI is InChI=1S/C9H13NO3/c1-6(5-13-2)7-3-10-4-8(7)9(11)12/h3-4,6,10H,5H2,1-2H3,(H,11,12). The van der Waals surface area contributed by atoms with Gasteiger partial charge in [0, 0.05) is 25.4 Å². The van der Waals surface area contributed by atoms with E-state index in [4.69, 9.17) is 9.84 Å². The fourth-order valence-electron chi connectivity index (χ4n) is 1.31. The lowest BCUT2D eigenvalue weighted by Crippen LogP contribution is -2.06. The Hall–Kier alpha value is -1.29. The molecule has 13 heavy (non-hydrogen) atoms. The lowest BCUT2D eigenvalue weighted by molar-refractivity contribution is 0.0694. The van der Waals surface area contributed by atoms with Gasteiger partial charge in [-0.15, -0.1) is 0 Å². The molecule has 0 spiro atoms. The minimum Gasteiger partial charge on any atom is -0.478 e. The fourth-order valence-corrected chi connectivity index (χ4v) is 1.31. The van der Waals surface area contributed by atoms with Crippen LogP contribution >= 0.6 is 0 Å². The molecule has 2 N–H and O–H groups in total. The smallest absolute Gasteiger partial charge is 0.337 e. The van der Waals surface area contributed by atoms with Gasteiger partial charge in [-0.3, -0.25) is 0 Å². The molecule has 0 aliphatic heterocycles. The molecule has 1 aromatic heterocycles. The van der Waals surface area contributed by atoms with Crippen molar-refractivity contribution in [3.63, 3.8) is 0 Å². The summed E-state index contributed by atoms with van der Waals surface area (Å²) in [4.78, 5) is 13.5. The lowest BCUT2D eigenvalue weighted by atomic mass is 10.0. The van der Waals surface area contributed by atoms with Crippen molar-refractivity contribution >= 4 is 5.97 Å². The predicted octanol–water partition coefficient (Wildman–Crippen LogP) is 1.46. The van der Waals surface area contributed by atoms with Gasteiger partial charge in [-0.05, 0) is 5.56 Å². The molecule has 1 heterocycles. The Morgan fingerprint density at radius 2 is 2.38 bits per heavy atom. The molecule has 0 saturated carbocycles. The third kappa shape index (κ3) is 2.09. The van der Waals surface area contributed by atoms with E-state index < -0.39 is 5.97 Å². The van der Waals surface area contributed by atoms with Gasteiger partial charge in [-0.25, -0.2) is 4.79 Å². The summed E-state index contributed by atoms with van der Waals surface area (Å²) in [5.41, 5.74) is 1.11. The van der Waals surface area contributed by atoms with Crippen LogP contribution in [0, 0.1) is 0 Å². The third-order valence-corrected chi connectivity index (χ3v) is 1.96. The lowest BCUT2D eigenvalue weighted by Gasteiger charge is -2.08. The summed E-state index contributed by atoms with van der Waals surface area (Å²) in [5.74, 6) is -0.804. The minimum atomic E-state index is -0.904. The number of H-pyrrole nitrogens is 1. The monoisotopic (exact) mass is 183 g/mol. The molecule has 1 rings (SSSR count). The van der Waals surface area contributed by atoms with E-state index in [0.29, 0.717) is 12.2 Å². The SMILES string of the molecule is COCC(C)c1c[nH]cc1C(=O)O. The van der Waals surface area contributed by atoms with Gasteiger partial charge in [0.15, 0.2) is 0 Å². The highest BCUT2D eigenvalue weighted by atomic mass is 16.5. The van der Waals surface area contributed by atoms with E-state index in [1.165, 1.54) is 6.20 Å². The van der Waals surface area contributed by atoms with Crippen molar-refractivity contribution in [3.05, 3.63) is 23.5 Å². The fraction of sp³-hybridized carbons (Fsp3) is 0.444. The van der Waals surface area contributed by atoms with Gasteiger partial charge in [-0.2, -0.15) is 0 Å². The molecular formula is C9H13NO3. The average Bonchev–Trinajstić information content (AvgIpc) is 2.52. The number of nitrogens with one attached hydrogen (secondary N) is 1. The van der Waals surface area contributed by atoms with Crippen LogP contribution in [0.4, 0.5) is 0 Å². The largest absolute Gasteiger partial charge is 0.478 e. The molecule has 0 aliphatic rings. The van der Waals surface area contributed by atoms with E-state index in [9.17, 15) is 4.79 Å². The van der Waals surface area contributed by atoms with Crippen LogP contribution in [0.25, 0.3) is 0 Å². The van der Waals surface area contributed by atoms with E-state index in [1.807, 2.05) is 6.92 Å². The summed E-state index contributed by atoms with van der Waals surface area (Å²) < 4.78 is 4.96. The first-order valence-corrected chi connectivity index (χ1v) is 4.05. The second kappa shape index (κ2) is 4.09. The topological polar surface area (TPSA) is 62.3 Å². The van der Waals surface area contributed by atoms with Crippen molar-refractivity contribution in [1.82, 2.24) is 4.98 Å². The number of rotatable bonds is 4. The first-order chi connectivity index (χ1) is 6.16. The summed E-state index contributed by atoms with van der Waals surface area (Å²) in [7, 11) is 1.60. The summed E-state index contributed by atoms with van der Waals surface area (Å²) in [6.45, 7) is 2.46. The van der Waals surface area contributed by atoms with E-state index in [2.05, 4.69) is 4.98 Å². The second-order valence-corrected chi connectivity index (χ2v) is 2.99. The van der Waals surface area contributed by atoms with Crippen molar-refractivity contribution in [2.45, 2.75) is 12.8 Å². The molecule has 4 nitrogen and oxygen atoms in total. The van der Waals surface area contributed by atoms with E-state index in [-0.39, 0.29) is 5.92 Å². The average molecular weight is 183 g/mol. The Bertz CT molecular complexity index is 293. The molecule has 0 saturated heterocycles. The van der Waals surface area contributed by atoms with Crippen molar-refractivity contribution in [1.29, 1.82) is 0 Å². The van der Waals surface area contributed by atoms with Crippen LogP contribution < -0.4 is 0 Å². The summed E-state index contributed by atoms with van der Waals surface area (Å²) in [6.07, 6.45) is 3.19. The molecule has 0 aliphatic carbocycles. The maximum atomic E-state index is 10.7. The highest BCUT2D eigenvalue weighted by Crippen LogP contribution is 2.19. The summed E-state index contributed by atoms with van der Waals surface area (Å²) >= 11 is 0. The molecule has 0 amide bonds. The highest BCUT2D eigenvalue weighted by Gasteiger charge is 2.15. The number of ether oxygens (including phenoxy) is 1. The molecule has 0 radical (unpaired) electrons. The van der Waals surface area contributed by atoms with Crippen LogP contribution in [0.1, 0.15) is 28.8 Å². The number of carboxylic acid groups (broad SMARTS) is 1. The minimum absolute atomic E-state index is 0.0994. The zero-order chi connectivity index (χ0) is 9.84. The van der Waals surface area contributed by atoms with Gasteiger partial charge in [0.05, 0.1) is 12.2 Å². The molecule has 72 valence electrons. The molecular weight excluding hydrogens is 170 g/mol. The van der Waals surface area contributed by atoms with Gasteiger partial charge in [-0.1, -0.05) is 6.92 Å². The van der Waals surface area contributed by atoms with Crippen LogP contribution in [0.15, 0.2) is 12.4 Å². The molecule has 0 bridgehead atoms. The number of hydrogen-bond donors (Lipinski definition) is 2. The number of carboxylic acids is 1. The number of carbonyl (C=O) groups is 1. The van der Waals surface area contributed by atoms with Crippen LogP contribution in [-0.2, 0) is 4.74 Å². The normalized spacial score (nSPS) is 12.8. The third-order valence-electron chi connectivity index (χ3n) is 1.96. The number of aromatic nitrogens is 1. The van der Waals surface area contributed by atoms with Gasteiger partial charge in [0.1, 0.15) is 0 Å². The molecule has 0 aromatic carbocycles. The van der Waals surface area contributed by atoms with Gasteiger partial charge >= 0.3 is 5.97 Å². The highest BCUT2D eigenvalue weighted by molar-refractivity contribution is 5.89. The zero-order valence-electron chi connectivity index (χ0n) is 7.70. The van der Waals surface area contributed by atoms with Crippen molar-refractivity contribution in [2.75, 3.05) is 13.7 Å². The first-order valence-electron chi connectivity index (χ1n) is 4.05. The quantitative estimate of drug-likeness (QED) is 0.742. The Balaban J connectivity index is 2.86. The van der Waals surface area contributed by atoms with Crippen molar-refractivity contribution < 1.29 is 14.6 Å². The maximum Gasteiger partial charge on any atom is 0.337 e. The van der Waals surface area contributed by atoms with Gasteiger partial charge in [0.2, 0.25) is 0 Å². The summed E-state index contributed by atoms with van der Waals surface area (Å²) in [6, 6.07) is 0. The number of aromatic carboxylic acids is 1. The Morgan fingerprint density at radius 3 is 2.92 bits per heavy atom. The van der Waals surface area contributed by atoms with Crippen molar-refractivity contribution in [3.8, 4) is 0 Å². The number of methoxy groups -OCH3 is 1. The summed E-state index contributed by atoms with van der Waals surface area (Å²) in [5, 5.41) is 8.81. The van der Waals surface area contributed by atoms with Crippen LogP contribution in [0.3, 0.4) is 0 Å². The predicted molar refractivity (Wildman–Crippen MR) is 48.0 cm³/mol. The Morgan fingerprint density at radius 1 is 1.69 bits per heavy atom. The van der Waals surface area contributed by atoms with Gasteiger partial charge in [0.25, 0.3) is 0 Å². The molecule has 1 atom stereocenters. The van der Waals surface area contributed by atoms with Gasteiger partial charge < -0.3 is 14.8 Å². The molecule has 4 heteroatoms. The zero-order valence-corrected chi connectivity index (χ0v) is 7.70. The molecule has 1 unspecified atom stereocenters. The number of aromatic amines is 1. The van der Waals surface area contributed by atoms with Crippen LogP contribution in [0.5, 0.6) is 0 Å². The van der Waals surface area contributed by atoms with E-state index >= 15 is 0 Å². The number of hydrogen-bond acceptors (Lipinski definition) is 2. The van der Waals surface area contributed by atoms with Crippen LogP contribution in [0.2, 0.25) is 0 Å². The molecule has 1 aromatic rings. The van der Waals surface area contributed by atoms with Crippen LogP contribution in [-0.4, -0.2) is 29.8 Å². The Kier molecular flexibility index (Phi) is 3.08. The Labute approximate surface area is 76.5 Å². The second-order valence-electron chi connectivity index (χ2n) is 2.99. The van der Waals surface area contributed by atoms with E-state index in [0.717, 1.165) is 5.56 Å². The maximum absolute atomic E-state index is 10.7. The van der Waals surface area contributed by atoms with E-state index in [1.54, 1.807) is 13.3 Å². The first kappa shape index (κ1) is 9.80.